The van der Waals surface area contributed by atoms with Crippen LogP contribution in [0, 0.1) is 0 Å². The topological polar surface area (TPSA) is 55.8 Å². The highest BCUT2D eigenvalue weighted by molar-refractivity contribution is 6.06. The van der Waals surface area contributed by atoms with Gasteiger partial charge in [-0.15, -0.1) is 0 Å². The van der Waals surface area contributed by atoms with Crippen LogP contribution in [-0.2, 0) is 4.74 Å². The second-order valence-electron chi connectivity index (χ2n) is 5.60. The summed E-state index contributed by atoms with van der Waals surface area (Å²) >= 11 is 0. The lowest BCUT2D eigenvalue weighted by Gasteiger charge is -2.25. The second-order valence-corrected chi connectivity index (χ2v) is 5.60. The maximum absolute atomic E-state index is 12.1. The van der Waals surface area contributed by atoms with Gasteiger partial charge in [-0.3, -0.25) is 4.79 Å². The number of ether oxygens (including phenoxy) is 2. The van der Waals surface area contributed by atoms with Gasteiger partial charge in [-0.05, 0) is 23.8 Å². The number of ketones is 1. The molecule has 1 amide bonds. The molecule has 0 saturated carbocycles. The molecule has 0 aromatic heterocycles. The van der Waals surface area contributed by atoms with E-state index in [4.69, 9.17) is 9.47 Å². The zero-order chi connectivity index (χ0) is 17.5. The van der Waals surface area contributed by atoms with Crippen molar-refractivity contribution in [3.63, 3.8) is 0 Å². The van der Waals surface area contributed by atoms with Crippen molar-refractivity contribution in [3.8, 4) is 5.75 Å². The number of nitrogens with zero attached hydrogens (tertiary/aromatic N) is 1. The summed E-state index contributed by atoms with van der Waals surface area (Å²) in [5, 5.41) is 0. The molecule has 0 radical (unpaired) electrons. The minimum atomic E-state index is -0.384. The molecule has 3 rings (SSSR count). The maximum Gasteiger partial charge on any atom is 0.415 e. The van der Waals surface area contributed by atoms with E-state index in [0.717, 1.165) is 5.56 Å². The van der Waals surface area contributed by atoms with Gasteiger partial charge < -0.3 is 14.4 Å². The van der Waals surface area contributed by atoms with Crippen LogP contribution in [0.25, 0.3) is 6.08 Å². The summed E-state index contributed by atoms with van der Waals surface area (Å²) in [5.41, 5.74) is 1.42. The first-order chi connectivity index (χ1) is 12.2. The third kappa shape index (κ3) is 4.78. The summed E-state index contributed by atoms with van der Waals surface area (Å²) in [6, 6.07) is 16.1. The molecule has 1 heterocycles. The van der Waals surface area contributed by atoms with Gasteiger partial charge in [-0.2, -0.15) is 0 Å². The van der Waals surface area contributed by atoms with Crippen molar-refractivity contribution in [1.82, 2.24) is 4.90 Å². The number of rotatable bonds is 4. The summed E-state index contributed by atoms with van der Waals surface area (Å²) in [6.45, 7) is 2.12. The van der Waals surface area contributed by atoms with Gasteiger partial charge in [-0.25, -0.2) is 4.79 Å². The Hall–Kier alpha value is -2.92. The van der Waals surface area contributed by atoms with E-state index in [-0.39, 0.29) is 11.9 Å². The summed E-state index contributed by atoms with van der Waals surface area (Å²) < 4.78 is 10.6. The molecule has 1 aliphatic heterocycles. The molecule has 5 heteroatoms. The predicted octanol–water partition coefficient (Wildman–Crippen LogP) is 3.41. The molecule has 5 nitrogen and oxygen atoms in total. The number of morpholine rings is 1. The van der Waals surface area contributed by atoms with Crippen LogP contribution in [0.2, 0.25) is 0 Å². The molecular weight excluding hydrogens is 318 g/mol. The van der Waals surface area contributed by atoms with Gasteiger partial charge in [0.1, 0.15) is 5.75 Å². The van der Waals surface area contributed by atoms with Crippen LogP contribution >= 0.6 is 0 Å². The first-order valence-corrected chi connectivity index (χ1v) is 8.14. The van der Waals surface area contributed by atoms with Gasteiger partial charge >= 0.3 is 6.09 Å². The Morgan fingerprint density at radius 1 is 1.00 bits per heavy atom. The molecule has 0 unspecified atom stereocenters. The highest BCUT2D eigenvalue weighted by Gasteiger charge is 2.18. The molecule has 0 bridgehead atoms. The van der Waals surface area contributed by atoms with Crippen LogP contribution in [0.1, 0.15) is 15.9 Å². The number of allylic oxidation sites excluding steroid dienone is 1. The minimum Gasteiger partial charge on any atom is -0.410 e. The number of hydrogen-bond acceptors (Lipinski definition) is 4. The van der Waals surface area contributed by atoms with Crippen molar-refractivity contribution in [1.29, 1.82) is 0 Å². The van der Waals surface area contributed by atoms with Crippen LogP contribution in [-0.4, -0.2) is 43.1 Å². The standard InChI is InChI=1S/C20H19NO4/c22-19(17-6-2-1-3-7-17)10-9-16-5-4-8-18(15-16)25-20(23)21-11-13-24-14-12-21/h1-10,15H,11-14H2/b10-9+. The first-order valence-electron chi connectivity index (χ1n) is 8.14. The average Bonchev–Trinajstić information content (AvgIpc) is 2.68. The van der Waals surface area contributed by atoms with Gasteiger partial charge in [0.15, 0.2) is 5.78 Å². The zero-order valence-corrected chi connectivity index (χ0v) is 13.8. The fourth-order valence-corrected chi connectivity index (χ4v) is 2.46. The normalized spacial score (nSPS) is 14.5. The Bertz CT molecular complexity index is 764. The Kier molecular flexibility index (Phi) is 5.59. The number of amides is 1. The lowest BCUT2D eigenvalue weighted by atomic mass is 10.1. The first kappa shape index (κ1) is 16.9. The van der Waals surface area contributed by atoms with Crippen LogP contribution in [0.3, 0.4) is 0 Å². The molecule has 0 atom stereocenters. The third-order valence-corrected chi connectivity index (χ3v) is 3.82. The fourth-order valence-electron chi connectivity index (χ4n) is 2.46. The highest BCUT2D eigenvalue weighted by atomic mass is 16.6. The van der Waals surface area contributed by atoms with Crippen molar-refractivity contribution in [2.24, 2.45) is 0 Å². The minimum absolute atomic E-state index is 0.0729. The van der Waals surface area contributed by atoms with E-state index in [9.17, 15) is 9.59 Å². The predicted molar refractivity (Wildman–Crippen MR) is 94.7 cm³/mol. The van der Waals surface area contributed by atoms with Crippen molar-refractivity contribution < 1.29 is 19.1 Å². The molecule has 1 aliphatic rings. The Morgan fingerprint density at radius 3 is 2.52 bits per heavy atom. The van der Waals surface area contributed by atoms with Crippen LogP contribution < -0.4 is 4.74 Å². The SMILES string of the molecule is O=C(/C=C/c1cccc(OC(=O)N2CCOCC2)c1)c1ccccc1. The van der Waals surface area contributed by atoms with Crippen molar-refractivity contribution in [2.75, 3.05) is 26.3 Å². The number of carbonyl (C=O) groups excluding carboxylic acids is 2. The quantitative estimate of drug-likeness (QED) is 0.634. The Morgan fingerprint density at radius 2 is 1.76 bits per heavy atom. The summed E-state index contributed by atoms with van der Waals surface area (Å²) in [7, 11) is 0. The molecule has 128 valence electrons. The van der Waals surface area contributed by atoms with E-state index in [1.807, 2.05) is 24.3 Å². The molecule has 2 aromatic carbocycles. The molecular formula is C20H19NO4. The van der Waals surface area contributed by atoms with E-state index in [1.165, 1.54) is 6.08 Å². The molecule has 2 aromatic rings. The number of carbonyl (C=O) groups is 2. The van der Waals surface area contributed by atoms with Gasteiger partial charge in [0.05, 0.1) is 13.2 Å². The van der Waals surface area contributed by atoms with Crippen LogP contribution in [0.15, 0.2) is 60.7 Å². The van der Waals surface area contributed by atoms with Crippen molar-refractivity contribution in [3.05, 3.63) is 71.8 Å². The van der Waals surface area contributed by atoms with Crippen molar-refractivity contribution in [2.45, 2.75) is 0 Å². The molecule has 0 spiro atoms. The number of benzene rings is 2. The van der Waals surface area contributed by atoms with Crippen LogP contribution in [0.4, 0.5) is 4.79 Å². The largest absolute Gasteiger partial charge is 0.415 e. The van der Waals surface area contributed by atoms with Crippen LogP contribution in [0.5, 0.6) is 5.75 Å². The van der Waals surface area contributed by atoms with E-state index >= 15 is 0 Å². The molecule has 1 fully saturated rings. The zero-order valence-electron chi connectivity index (χ0n) is 13.8. The fraction of sp³-hybridized carbons (Fsp3) is 0.200. The van der Waals surface area contributed by atoms with E-state index < -0.39 is 0 Å². The molecule has 1 saturated heterocycles. The Balaban J connectivity index is 1.64. The van der Waals surface area contributed by atoms with Gasteiger partial charge in [0.2, 0.25) is 0 Å². The van der Waals surface area contributed by atoms with E-state index in [0.29, 0.717) is 37.6 Å². The molecule has 0 N–H and O–H groups in total. The van der Waals surface area contributed by atoms with Gasteiger partial charge in [0, 0.05) is 18.7 Å². The maximum atomic E-state index is 12.1. The van der Waals surface area contributed by atoms with Crippen molar-refractivity contribution >= 4 is 18.0 Å². The van der Waals surface area contributed by atoms with Gasteiger partial charge in [-0.1, -0.05) is 48.5 Å². The number of hydrogen-bond donors (Lipinski definition) is 0. The smallest absolute Gasteiger partial charge is 0.410 e. The lowest BCUT2D eigenvalue weighted by molar-refractivity contribution is 0.0416. The second kappa shape index (κ2) is 8.26. The summed E-state index contributed by atoms with van der Waals surface area (Å²) in [5.74, 6) is 0.377. The molecule has 25 heavy (non-hydrogen) atoms. The third-order valence-electron chi connectivity index (χ3n) is 3.82. The Labute approximate surface area is 146 Å². The monoisotopic (exact) mass is 337 g/mol. The van der Waals surface area contributed by atoms with Gasteiger partial charge in [0.25, 0.3) is 0 Å². The van der Waals surface area contributed by atoms with E-state index in [1.54, 1.807) is 41.3 Å². The molecule has 0 aliphatic carbocycles. The summed E-state index contributed by atoms with van der Waals surface area (Å²) in [6.07, 6.45) is 2.84. The highest BCUT2D eigenvalue weighted by Crippen LogP contribution is 2.16. The summed E-state index contributed by atoms with van der Waals surface area (Å²) in [4.78, 5) is 25.8. The lowest BCUT2D eigenvalue weighted by Crippen LogP contribution is -2.42. The van der Waals surface area contributed by atoms with E-state index in [2.05, 4.69) is 0 Å². The average molecular weight is 337 g/mol.